The number of hydrogen-bond donors (Lipinski definition) is 1. The lowest BCUT2D eigenvalue weighted by Crippen LogP contribution is -2.33. The molecular weight excluding hydrogens is 278 g/mol. The Morgan fingerprint density at radius 2 is 2.16 bits per heavy atom. The van der Waals surface area contributed by atoms with Gasteiger partial charge in [-0.15, -0.1) is 0 Å². The summed E-state index contributed by atoms with van der Waals surface area (Å²) in [4.78, 5) is 6.60. The third-order valence-corrected chi connectivity index (χ3v) is 4.03. The Hall–Kier alpha value is -1.39. The lowest BCUT2D eigenvalue weighted by atomic mass is 10.0. The van der Waals surface area contributed by atoms with Crippen molar-refractivity contribution in [2.24, 2.45) is 10.9 Å². The van der Waals surface area contributed by atoms with Crippen LogP contribution in [-0.4, -0.2) is 28.8 Å². The summed E-state index contributed by atoms with van der Waals surface area (Å²) in [5, 5.41) is 4.72. The molecule has 19 heavy (non-hydrogen) atoms. The summed E-state index contributed by atoms with van der Waals surface area (Å²) >= 11 is 11.3. The fourth-order valence-corrected chi connectivity index (χ4v) is 2.76. The summed E-state index contributed by atoms with van der Waals surface area (Å²) in [6.45, 7) is 1.77. The summed E-state index contributed by atoms with van der Waals surface area (Å²) in [6.07, 6.45) is 5.08. The van der Waals surface area contributed by atoms with E-state index in [4.69, 9.17) is 23.8 Å². The molecule has 2 heterocycles. The van der Waals surface area contributed by atoms with E-state index in [1.807, 2.05) is 30.5 Å². The van der Waals surface area contributed by atoms with Gasteiger partial charge in [-0.2, -0.15) is 0 Å². The largest absolute Gasteiger partial charge is 0.343 e. The summed E-state index contributed by atoms with van der Waals surface area (Å²) in [7, 11) is 0. The van der Waals surface area contributed by atoms with Crippen molar-refractivity contribution in [3.8, 4) is 0 Å². The minimum atomic E-state index is 0.523. The van der Waals surface area contributed by atoms with Crippen molar-refractivity contribution in [3.63, 3.8) is 0 Å². The Bertz CT molecular complexity index is 550. The molecular formula is C14H14ClN3S. The van der Waals surface area contributed by atoms with Crippen LogP contribution in [0.1, 0.15) is 6.42 Å². The Morgan fingerprint density at radius 1 is 1.37 bits per heavy atom. The standard InChI is InChI=1S/C14H14ClN3S/c15-11-3-5-12(6-4-11)17-14(19)18-8-10-2-1-7-16-13(10)9-18/h1,3-7,10H,2,8-9H2,(H,17,19). The quantitative estimate of drug-likeness (QED) is 0.804. The number of aliphatic imine (C=N–C) groups is 1. The van der Waals surface area contributed by atoms with E-state index in [0.29, 0.717) is 5.92 Å². The number of hydrogen-bond acceptors (Lipinski definition) is 2. The van der Waals surface area contributed by atoms with Gasteiger partial charge in [-0.1, -0.05) is 17.7 Å². The Labute approximate surface area is 123 Å². The molecule has 1 unspecified atom stereocenters. The number of nitrogens with one attached hydrogen (secondary N) is 1. The zero-order valence-corrected chi connectivity index (χ0v) is 11.9. The van der Waals surface area contributed by atoms with Crippen LogP contribution in [0.4, 0.5) is 5.69 Å². The number of likely N-dealkylation sites (tertiary alicyclic amines) is 1. The van der Waals surface area contributed by atoms with Crippen molar-refractivity contribution >= 4 is 40.3 Å². The first-order valence-corrected chi connectivity index (χ1v) is 7.04. The van der Waals surface area contributed by atoms with Crippen molar-refractivity contribution in [1.82, 2.24) is 4.90 Å². The second-order valence-corrected chi connectivity index (χ2v) is 5.58. The van der Waals surface area contributed by atoms with Gasteiger partial charge in [0, 0.05) is 35.1 Å². The third kappa shape index (κ3) is 2.80. The third-order valence-electron chi connectivity index (χ3n) is 3.41. The molecule has 2 aliphatic rings. The normalized spacial score (nSPS) is 21.0. The van der Waals surface area contributed by atoms with Gasteiger partial charge in [0.2, 0.25) is 0 Å². The Morgan fingerprint density at radius 3 is 2.89 bits per heavy atom. The van der Waals surface area contributed by atoms with E-state index in [1.54, 1.807) is 0 Å². The fraction of sp³-hybridized carbons (Fsp3) is 0.286. The summed E-state index contributed by atoms with van der Waals surface area (Å²) in [6, 6.07) is 7.56. The highest BCUT2D eigenvalue weighted by Gasteiger charge is 2.30. The van der Waals surface area contributed by atoms with Crippen LogP contribution in [0.3, 0.4) is 0 Å². The fourth-order valence-electron chi connectivity index (χ4n) is 2.38. The number of nitrogens with zero attached hydrogens (tertiary/aromatic N) is 2. The first-order chi connectivity index (χ1) is 9.22. The molecule has 0 aliphatic carbocycles. The van der Waals surface area contributed by atoms with E-state index in [-0.39, 0.29) is 0 Å². The van der Waals surface area contributed by atoms with E-state index in [2.05, 4.69) is 21.3 Å². The van der Waals surface area contributed by atoms with Gasteiger partial charge in [0.15, 0.2) is 5.11 Å². The number of halogens is 1. The molecule has 0 bridgehead atoms. The summed E-state index contributed by atoms with van der Waals surface area (Å²) in [5.74, 6) is 0.523. The van der Waals surface area contributed by atoms with Gasteiger partial charge in [-0.05, 0) is 42.9 Å². The molecule has 1 atom stereocenters. The second kappa shape index (κ2) is 5.31. The number of benzene rings is 1. The molecule has 1 N–H and O–H groups in total. The van der Waals surface area contributed by atoms with E-state index in [0.717, 1.165) is 35.3 Å². The molecule has 1 aromatic rings. The van der Waals surface area contributed by atoms with Crippen LogP contribution in [0.25, 0.3) is 0 Å². The molecule has 2 aliphatic heterocycles. The molecule has 0 saturated carbocycles. The smallest absolute Gasteiger partial charge is 0.173 e. The monoisotopic (exact) mass is 291 g/mol. The average Bonchev–Trinajstić information content (AvgIpc) is 2.85. The highest BCUT2D eigenvalue weighted by Crippen LogP contribution is 2.22. The highest BCUT2D eigenvalue weighted by atomic mass is 35.5. The van der Waals surface area contributed by atoms with Crippen LogP contribution in [-0.2, 0) is 0 Å². The van der Waals surface area contributed by atoms with Crippen molar-refractivity contribution in [2.45, 2.75) is 6.42 Å². The molecule has 1 fully saturated rings. The Balaban J connectivity index is 1.64. The maximum Gasteiger partial charge on any atom is 0.173 e. The van der Waals surface area contributed by atoms with E-state index < -0.39 is 0 Å². The van der Waals surface area contributed by atoms with Crippen LogP contribution in [0.2, 0.25) is 5.02 Å². The van der Waals surface area contributed by atoms with E-state index >= 15 is 0 Å². The number of rotatable bonds is 1. The maximum absolute atomic E-state index is 5.86. The number of allylic oxidation sites excluding steroid dienone is 1. The van der Waals surface area contributed by atoms with Gasteiger partial charge in [0.25, 0.3) is 0 Å². The first-order valence-electron chi connectivity index (χ1n) is 6.25. The molecule has 3 rings (SSSR count). The molecule has 1 saturated heterocycles. The zero-order valence-electron chi connectivity index (χ0n) is 10.3. The summed E-state index contributed by atoms with van der Waals surface area (Å²) < 4.78 is 0. The van der Waals surface area contributed by atoms with Gasteiger partial charge in [0.1, 0.15) is 0 Å². The minimum Gasteiger partial charge on any atom is -0.343 e. The molecule has 5 heteroatoms. The van der Waals surface area contributed by atoms with Gasteiger partial charge in [-0.25, -0.2) is 0 Å². The highest BCUT2D eigenvalue weighted by molar-refractivity contribution is 7.80. The van der Waals surface area contributed by atoms with E-state index in [1.165, 1.54) is 5.71 Å². The lowest BCUT2D eigenvalue weighted by Gasteiger charge is -2.19. The Kier molecular flexibility index (Phi) is 3.53. The average molecular weight is 292 g/mol. The predicted molar refractivity (Wildman–Crippen MR) is 83.9 cm³/mol. The summed E-state index contributed by atoms with van der Waals surface area (Å²) in [5.41, 5.74) is 2.20. The van der Waals surface area contributed by atoms with Crippen LogP contribution in [0.15, 0.2) is 41.5 Å². The van der Waals surface area contributed by atoms with Crippen LogP contribution in [0, 0.1) is 5.92 Å². The van der Waals surface area contributed by atoms with Crippen molar-refractivity contribution in [1.29, 1.82) is 0 Å². The topological polar surface area (TPSA) is 27.6 Å². The van der Waals surface area contributed by atoms with Gasteiger partial charge >= 0.3 is 0 Å². The molecule has 0 aromatic heterocycles. The van der Waals surface area contributed by atoms with Crippen molar-refractivity contribution in [3.05, 3.63) is 41.6 Å². The van der Waals surface area contributed by atoms with Crippen LogP contribution in [0.5, 0.6) is 0 Å². The number of thiocarbonyl (C=S) groups is 1. The van der Waals surface area contributed by atoms with Crippen molar-refractivity contribution in [2.75, 3.05) is 18.4 Å². The van der Waals surface area contributed by atoms with Gasteiger partial charge < -0.3 is 10.2 Å². The first kappa shape index (κ1) is 12.6. The minimum absolute atomic E-state index is 0.523. The lowest BCUT2D eigenvalue weighted by molar-refractivity contribution is 0.489. The molecule has 0 amide bonds. The SMILES string of the molecule is S=C(Nc1ccc(Cl)cc1)N1CC2=NC=CCC2C1. The second-order valence-electron chi connectivity index (χ2n) is 4.76. The molecule has 0 radical (unpaired) electrons. The van der Waals surface area contributed by atoms with E-state index in [9.17, 15) is 0 Å². The van der Waals surface area contributed by atoms with Crippen molar-refractivity contribution < 1.29 is 0 Å². The maximum atomic E-state index is 5.86. The molecule has 0 spiro atoms. The molecule has 3 nitrogen and oxygen atoms in total. The molecule has 1 aromatic carbocycles. The van der Waals surface area contributed by atoms with Gasteiger partial charge in [-0.3, -0.25) is 4.99 Å². The number of fused-ring (bicyclic) bond motifs is 1. The number of anilines is 1. The van der Waals surface area contributed by atoms with Gasteiger partial charge in [0.05, 0.1) is 6.54 Å². The van der Waals surface area contributed by atoms with Crippen LogP contribution < -0.4 is 5.32 Å². The molecule has 98 valence electrons. The predicted octanol–water partition coefficient (Wildman–Crippen LogP) is 3.33. The zero-order chi connectivity index (χ0) is 13.2. The van der Waals surface area contributed by atoms with Crippen LogP contribution >= 0.6 is 23.8 Å².